The van der Waals surface area contributed by atoms with Gasteiger partial charge >= 0.3 is 0 Å². The van der Waals surface area contributed by atoms with Crippen molar-refractivity contribution >= 4 is 22.4 Å². The number of rotatable bonds is 4. The van der Waals surface area contributed by atoms with Gasteiger partial charge in [0.15, 0.2) is 5.13 Å². The maximum absolute atomic E-state index is 12.3. The second-order valence-electron chi connectivity index (χ2n) is 5.62. The molecule has 0 radical (unpaired) electrons. The third kappa shape index (κ3) is 3.62. The van der Waals surface area contributed by atoms with Gasteiger partial charge in [0.1, 0.15) is 5.75 Å². The predicted molar refractivity (Wildman–Crippen MR) is 93.9 cm³/mol. The standard InChI is InChI=1S/C18H20N2O2S/c1-12-16(13-8-10-15(22-2)11-9-13)19-18(23-12)20-17(21)14-6-4-3-5-7-14/h3-4,8-11,14H,5-7H2,1-2H3,(H,19,20,21). The maximum Gasteiger partial charge on any atom is 0.229 e. The van der Waals surface area contributed by atoms with Crippen LogP contribution >= 0.6 is 11.3 Å². The average molecular weight is 328 g/mol. The van der Waals surface area contributed by atoms with Gasteiger partial charge in [0, 0.05) is 16.4 Å². The number of hydrogen-bond donors (Lipinski definition) is 1. The molecule has 0 saturated heterocycles. The summed E-state index contributed by atoms with van der Waals surface area (Å²) in [6.07, 6.45) is 6.94. The molecule has 0 spiro atoms. The van der Waals surface area contributed by atoms with Crippen molar-refractivity contribution in [2.24, 2.45) is 5.92 Å². The highest BCUT2D eigenvalue weighted by Gasteiger charge is 2.20. The van der Waals surface area contributed by atoms with Crippen LogP contribution in [0.1, 0.15) is 24.1 Å². The summed E-state index contributed by atoms with van der Waals surface area (Å²) < 4.78 is 5.18. The van der Waals surface area contributed by atoms with Crippen molar-refractivity contribution in [2.75, 3.05) is 12.4 Å². The fourth-order valence-electron chi connectivity index (χ4n) is 2.71. The van der Waals surface area contributed by atoms with Gasteiger partial charge in [-0.25, -0.2) is 4.98 Å². The number of amides is 1. The van der Waals surface area contributed by atoms with E-state index in [9.17, 15) is 4.79 Å². The summed E-state index contributed by atoms with van der Waals surface area (Å²) in [5.74, 6) is 0.957. The number of carbonyl (C=O) groups is 1. The smallest absolute Gasteiger partial charge is 0.229 e. The van der Waals surface area contributed by atoms with Crippen molar-refractivity contribution in [2.45, 2.75) is 26.2 Å². The lowest BCUT2D eigenvalue weighted by Crippen LogP contribution is -2.23. The Morgan fingerprint density at radius 2 is 2.09 bits per heavy atom. The number of allylic oxidation sites excluding steroid dienone is 2. The molecule has 1 amide bonds. The van der Waals surface area contributed by atoms with E-state index in [0.717, 1.165) is 41.1 Å². The molecule has 2 aromatic rings. The number of aryl methyl sites for hydroxylation is 1. The van der Waals surface area contributed by atoms with Gasteiger partial charge in [0.25, 0.3) is 0 Å². The Balaban J connectivity index is 1.74. The molecule has 120 valence electrons. The first-order valence-electron chi connectivity index (χ1n) is 7.75. The van der Waals surface area contributed by atoms with Crippen molar-refractivity contribution in [1.82, 2.24) is 4.98 Å². The zero-order valence-corrected chi connectivity index (χ0v) is 14.2. The molecule has 1 aromatic carbocycles. The highest BCUT2D eigenvalue weighted by atomic mass is 32.1. The van der Waals surface area contributed by atoms with Gasteiger partial charge in [-0.2, -0.15) is 0 Å². The third-order valence-electron chi connectivity index (χ3n) is 4.03. The first-order valence-corrected chi connectivity index (χ1v) is 8.56. The van der Waals surface area contributed by atoms with Crippen LogP contribution in [0.15, 0.2) is 36.4 Å². The Labute approximate surface area is 140 Å². The molecule has 1 aliphatic carbocycles. The fraction of sp³-hybridized carbons (Fsp3) is 0.333. The summed E-state index contributed by atoms with van der Waals surface area (Å²) in [4.78, 5) is 18.0. The van der Waals surface area contributed by atoms with Crippen molar-refractivity contribution in [3.8, 4) is 17.0 Å². The summed E-state index contributed by atoms with van der Waals surface area (Å²) in [6, 6.07) is 7.80. The van der Waals surface area contributed by atoms with Gasteiger partial charge in [0.05, 0.1) is 12.8 Å². The Kier molecular flexibility index (Phi) is 4.76. The lowest BCUT2D eigenvalue weighted by molar-refractivity contribution is -0.120. The number of methoxy groups -OCH3 is 1. The predicted octanol–water partition coefficient (Wildman–Crippen LogP) is 4.42. The van der Waals surface area contributed by atoms with Gasteiger partial charge in [-0.3, -0.25) is 4.79 Å². The molecule has 1 aromatic heterocycles. The van der Waals surface area contributed by atoms with E-state index in [1.54, 1.807) is 7.11 Å². The highest BCUT2D eigenvalue weighted by molar-refractivity contribution is 7.16. The van der Waals surface area contributed by atoms with Gasteiger partial charge in [-0.15, -0.1) is 11.3 Å². The zero-order valence-electron chi connectivity index (χ0n) is 13.3. The monoisotopic (exact) mass is 328 g/mol. The SMILES string of the molecule is COc1ccc(-c2nc(NC(=O)C3CC=CCC3)sc2C)cc1. The zero-order chi connectivity index (χ0) is 16.2. The summed E-state index contributed by atoms with van der Waals surface area (Å²) in [6.45, 7) is 2.02. The quantitative estimate of drug-likeness (QED) is 0.845. The molecule has 1 N–H and O–H groups in total. The topological polar surface area (TPSA) is 51.2 Å². The van der Waals surface area contributed by atoms with E-state index >= 15 is 0 Å². The minimum atomic E-state index is 0.0636. The maximum atomic E-state index is 12.3. The van der Waals surface area contributed by atoms with Gasteiger partial charge in [-0.05, 0) is 50.5 Å². The fourth-order valence-corrected chi connectivity index (χ4v) is 3.54. The molecule has 3 rings (SSSR count). The Morgan fingerprint density at radius 3 is 2.74 bits per heavy atom. The van der Waals surface area contributed by atoms with Gasteiger partial charge < -0.3 is 10.1 Å². The lowest BCUT2D eigenvalue weighted by Gasteiger charge is -2.15. The third-order valence-corrected chi connectivity index (χ3v) is 4.92. The van der Waals surface area contributed by atoms with E-state index in [0.29, 0.717) is 5.13 Å². The number of thiazole rings is 1. The second-order valence-corrected chi connectivity index (χ2v) is 6.83. The van der Waals surface area contributed by atoms with Crippen LogP contribution in [0.3, 0.4) is 0 Å². The van der Waals surface area contributed by atoms with Crippen LogP contribution in [0.4, 0.5) is 5.13 Å². The summed E-state index contributed by atoms with van der Waals surface area (Å²) in [5, 5.41) is 3.65. The normalized spacial score (nSPS) is 17.0. The number of hydrogen-bond acceptors (Lipinski definition) is 4. The van der Waals surface area contributed by atoms with E-state index in [1.807, 2.05) is 31.2 Å². The van der Waals surface area contributed by atoms with Crippen molar-refractivity contribution in [1.29, 1.82) is 0 Å². The van der Waals surface area contributed by atoms with Crippen LogP contribution < -0.4 is 10.1 Å². The molecule has 23 heavy (non-hydrogen) atoms. The van der Waals surface area contributed by atoms with E-state index < -0.39 is 0 Å². The molecule has 1 heterocycles. The van der Waals surface area contributed by atoms with Gasteiger partial charge in [-0.1, -0.05) is 12.2 Å². The first kappa shape index (κ1) is 15.7. The highest BCUT2D eigenvalue weighted by Crippen LogP contribution is 2.32. The van der Waals surface area contributed by atoms with Gasteiger partial charge in [0.2, 0.25) is 5.91 Å². The molecule has 5 heteroatoms. The van der Waals surface area contributed by atoms with Crippen molar-refractivity contribution in [3.05, 3.63) is 41.3 Å². The van der Waals surface area contributed by atoms with Crippen LogP contribution in [-0.4, -0.2) is 18.0 Å². The number of nitrogens with zero attached hydrogens (tertiary/aromatic N) is 1. The van der Waals surface area contributed by atoms with Crippen molar-refractivity contribution < 1.29 is 9.53 Å². The number of nitrogens with one attached hydrogen (secondary N) is 1. The molecule has 1 unspecified atom stereocenters. The number of anilines is 1. The van der Waals surface area contributed by atoms with E-state index in [1.165, 1.54) is 11.3 Å². The average Bonchev–Trinajstić information content (AvgIpc) is 2.96. The Bertz CT molecular complexity index is 719. The van der Waals surface area contributed by atoms with E-state index in [4.69, 9.17) is 4.74 Å². The number of aromatic nitrogens is 1. The van der Waals surface area contributed by atoms with Crippen LogP contribution in [0.2, 0.25) is 0 Å². The Hall–Kier alpha value is -2.14. The van der Waals surface area contributed by atoms with Crippen LogP contribution in [0, 0.1) is 12.8 Å². The van der Waals surface area contributed by atoms with Crippen molar-refractivity contribution in [3.63, 3.8) is 0 Å². The summed E-state index contributed by atoms with van der Waals surface area (Å²) in [7, 11) is 1.65. The number of carbonyl (C=O) groups excluding carboxylic acids is 1. The summed E-state index contributed by atoms with van der Waals surface area (Å²) in [5.41, 5.74) is 1.94. The molecule has 0 saturated carbocycles. The molecular formula is C18H20N2O2S. The molecule has 1 atom stereocenters. The molecule has 0 bridgehead atoms. The van der Waals surface area contributed by atoms with Crippen LogP contribution in [0.25, 0.3) is 11.3 Å². The minimum Gasteiger partial charge on any atom is -0.497 e. The number of ether oxygens (including phenoxy) is 1. The molecule has 1 aliphatic rings. The first-order chi connectivity index (χ1) is 11.2. The van der Waals surface area contributed by atoms with Crippen LogP contribution in [-0.2, 0) is 4.79 Å². The molecule has 0 fully saturated rings. The number of benzene rings is 1. The molecular weight excluding hydrogens is 308 g/mol. The van der Waals surface area contributed by atoms with E-state index in [2.05, 4.69) is 22.5 Å². The largest absolute Gasteiger partial charge is 0.497 e. The summed E-state index contributed by atoms with van der Waals surface area (Å²) >= 11 is 1.52. The van der Waals surface area contributed by atoms with E-state index in [-0.39, 0.29) is 11.8 Å². The second kappa shape index (κ2) is 6.96. The molecule has 0 aliphatic heterocycles. The Morgan fingerprint density at radius 1 is 1.30 bits per heavy atom. The lowest BCUT2D eigenvalue weighted by atomic mass is 9.94. The van der Waals surface area contributed by atoms with Crippen LogP contribution in [0.5, 0.6) is 5.75 Å². The minimum absolute atomic E-state index is 0.0636. The molecule has 4 nitrogen and oxygen atoms in total.